The van der Waals surface area contributed by atoms with Crippen LogP contribution < -0.4 is 0 Å². The maximum Gasteiger partial charge on any atom is 0.0867 e. The van der Waals surface area contributed by atoms with E-state index in [9.17, 15) is 0 Å². The Kier molecular flexibility index (Phi) is 13.9. The minimum absolute atomic E-state index is 0.353. The van der Waals surface area contributed by atoms with Gasteiger partial charge in [-0.15, -0.1) is 0 Å². The molecule has 2 rings (SSSR count). The Morgan fingerprint density at radius 3 is 1.24 bits per heavy atom. The second-order valence-electron chi connectivity index (χ2n) is 5.19. The Hall–Kier alpha value is -2.28. The van der Waals surface area contributed by atoms with Gasteiger partial charge in [0.05, 0.1) is 12.5 Å². The molecule has 0 aliphatic heterocycles. The quantitative estimate of drug-likeness (QED) is 0.490. The number of hydrogen-bond acceptors (Lipinski definition) is 1. The van der Waals surface area contributed by atoms with Gasteiger partial charge in [-0.1, -0.05) is 102 Å². The summed E-state index contributed by atoms with van der Waals surface area (Å²) >= 11 is 0. The minimum atomic E-state index is 0.353. The summed E-state index contributed by atoms with van der Waals surface area (Å²) in [7, 11) is 0. The summed E-state index contributed by atoms with van der Waals surface area (Å²) in [6.07, 6.45) is 7.64. The van der Waals surface area contributed by atoms with Crippen LogP contribution in [0.15, 0.2) is 85.3 Å². The molecule has 1 nitrogen and oxygen atoms in total. The zero-order chi connectivity index (χ0) is 18.9. The molecule has 25 heavy (non-hydrogen) atoms. The first kappa shape index (κ1) is 22.7. The molecule has 0 bridgehead atoms. The van der Waals surface area contributed by atoms with Crippen molar-refractivity contribution in [3.05, 3.63) is 96.5 Å². The van der Waals surface area contributed by atoms with Crippen molar-refractivity contribution in [1.82, 2.24) is 0 Å². The van der Waals surface area contributed by atoms with E-state index >= 15 is 0 Å². The summed E-state index contributed by atoms with van der Waals surface area (Å²) in [6.45, 7) is 12.3. The largest absolute Gasteiger partial charge is 0.473 e. The van der Waals surface area contributed by atoms with Crippen molar-refractivity contribution in [3.8, 4) is 0 Å². The van der Waals surface area contributed by atoms with Crippen molar-refractivity contribution in [2.75, 3.05) is 0 Å². The lowest BCUT2D eigenvalue weighted by molar-refractivity contribution is 0.397. The fourth-order valence-corrected chi connectivity index (χ4v) is 2.11. The topological polar surface area (TPSA) is 9.23 Å². The highest BCUT2D eigenvalue weighted by Crippen LogP contribution is 2.17. The van der Waals surface area contributed by atoms with Gasteiger partial charge in [-0.05, 0) is 23.3 Å². The fourth-order valence-electron chi connectivity index (χ4n) is 2.11. The first-order chi connectivity index (χ1) is 12.3. The van der Waals surface area contributed by atoms with E-state index in [-0.39, 0.29) is 0 Å². The second-order valence-corrected chi connectivity index (χ2v) is 5.19. The molecule has 2 aromatic rings. The van der Waals surface area contributed by atoms with Crippen molar-refractivity contribution in [2.24, 2.45) is 0 Å². The number of ether oxygens (including phenoxy) is 1. The molecular formula is C24H34O. The van der Waals surface area contributed by atoms with Crippen LogP contribution in [-0.2, 0) is 4.74 Å². The number of benzene rings is 2. The van der Waals surface area contributed by atoms with Crippen LogP contribution in [0.3, 0.4) is 0 Å². The van der Waals surface area contributed by atoms with E-state index in [0.717, 1.165) is 0 Å². The monoisotopic (exact) mass is 338 g/mol. The van der Waals surface area contributed by atoms with Crippen LogP contribution in [0.4, 0.5) is 0 Å². The highest BCUT2D eigenvalue weighted by molar-refractivity contribution is 5.23. The third kappa shape index (κ3) is 9.56. The SMILES string of the molecule is CC.CC.CC(/C=C/O/C=C/C(C)c1ccccc1)c1ccccc1. The molecule has 0 aliphatic carbocycles. The number of rotatable bonds is 6. The number of allylic oxidation sites excluding steroid dienone is 2. The summed E-state index contributed by atoms with van der Waals surface area (Å²) in [5, 5.41) is 0. The van der Waals surface area contributed by atoms with Gasteiger partial charge in [0.1, 0.15) is 0 Å². The van der Waals surface area contributed by atoms with Gasteiger partial charge in [0.15, 0.2) is 0 Å². The highest BCUT2D eigenvalue weighted by atomic mass is 16.5. The van der Waals surface area contributed by atoms with E-state index in [0.29, 0.717) is 11.8 Å². The molecule has 0 amide bonds. The molecule has 1 heteroatoms. The maximum atomic E-state index is 5.46. The Morgan fingerprint density at radius 2 is 0.920 bits per heavy atom. The summed E-state index contributed by atoms with van der Waals surface area (Å²) in [5.74, 6) is 0.706. The fraction of sp³-hybridized carbons (Fsp3) is 0.333. The van der Waals surface area contributed by atoms with Gasteiger partial charge in [0, 0.05) is 11.8 Å². The maximum absolute atomic E-state index is 5.46. The van der Waals surface area contributed by atoms with Gasteiger partial charge in [-0.3, -0.25) is 0 Å². The Bertz CT molecular complexity index is 516. The van der Waals surface area contributed by atoms with E-state index < -0.39 is 0 Å². The summed E-state index contributed by atoms with van der Waals surface area (Å²) in [5.41, 5.74) is 2.58. The standard InChI is InChI=1S/C20H22O.2C2H6/c1-17(19-9-5-3-6-10-19)13-15-21-16-14-18(2)20-11-7-4-8-12-20;2*1-2/h3-18H,1-2H3;2*1-2H3/b15-13+,16-14+;;. The van der Waals surface area contributed by atoms with Crippen LogP contribution in [0.5, 0.6) is 0 Å². The first-order valence-electron chi connectivity index (χ1n) is 9.36. The van der Waals surface area contributed by atoms with Gasteiger partial charge >= 0.3 is 0 Å². The Labute approximate surface area is 155 Å². The average Bonchev–Trinajstić information content (AvgIpc) is 2.71. The Balaban J connectivity index is 0.00000134. The van der Waals surface area contributed by atoms with E-state index in [1.54, 1.807) is 12.5 Å². The summed E-state index contributed by atoms with van der Waals surface area (Å²) in [4.78, 5) is 0. The van der Waals surface area contributed by atoms with Gasteiger partial charge in [0.2, 0.25) is 0 Å². The van der Waals surface area contributed by atoms with Crippen molar-refractivity contribution >= 4 is 0 Å². The molecule has 0 fully saturated rings. The van der Waals surface area contributed by atoms with Crippen LogP contribution in [0.2, 0.25) is 0 Å². The summed E-state index contributed by atoms with van der Waals surface area (Å²) in [6, 6.07) is 20.8. The molecule has 0 spiro atoms. The minimum Gasteiger partial charge on any atom is -0.473 e. The van der Waals surface area contributed by atoms with Crippen molar-refractivity contribution in [3.63, 3.8) is 0 Å². The lowest BCUT2D eigenvalue weighted by atomic mass is 10.0. The first-order valence-corrected chi connectivity index (χ1v) is 9.36. The number of hydrogen-bond donors (Lipinski definition) is 0. The predicted octanol–water partition coefficient (Wildman–Crippen LogP) is 7.69. The van der Waals surface area contributed by atoms with Crippen molar-refractivity contribution in [1.29, 1.82) is 0 Å². The third-order valence-corrected chi connectivity index (χ3v) is 3.54. The van der Waals surface area contributed by atoms with E-state index in [1.165, 1.54) is 11.1 Å². The average molecular weight is 339 g/mol. The molecule has 0 saturated carbocycles. The molecule has 2 unspecified atom stereocenters. The van der Waals surface area contributed by atoms with Crippen LogP contribution in [0.25, 0.3) is 0 Å². The van der Waals surface area contributed by atoms with E-state index in [1.807, 2.05) is 39.8 Å². The van der Waals surface area contributed by atoms with Crippen LogP contribution >= 0.6 is 0 Å². The second kappa shape index (κ2) is 15.3. The zero-order valence-corrected chi connectivity index (χ0v) is 16.6. The van der Waals surface area contributed by atoms with E-state index in [2.05, 4.69) is 74.5 Å². The molecule has 136 valence electrons. The van der Waals surface area contributed by atoms with Gasteiger partial charge in [0.25, 0.3) is 0 Å². The van der Waals surface area contributed by atoms with Crippen molar-refractivity contribution in [2.45, 2.75) is 53.4 Å². The molecule has 0 radical (unpaired) electrons. The lowest BCUT2D eigenvalue weighted by Gasteiger charge is -2.06. The van der Waals surface area contributed by atoms with Gasteiger partial charge < -0.3 is 4.74 Å². The Morgan fingerprint density at radius 1 is 0.600 bits per heavy atom. The van der Waals surface area contributed by atoms with E-state index in [4.69, 9.17) is 4.74 Å². The van der Waals surface area contributed by atoms with Crippen LogP contribution in [-0.4, -0.2) is 0 Å². The molecule has 2 atom stereocenters. The summed E-state index contributed by atoms with van der Waals surface area (Å²) < 4.78 is 5.46. The lowest BCUT2D eigenvalue weighted by Crippen LogP contribution is -1.89. The van der Waals surface area contributed by atoms with Crippen LogP contribution in [0.1, 0.15) is 64.5 Å². The van der Waals surface area contributed by atoms with Crippen LogP contribution in [0, 0.1) is 0 Å². The normalized spacial score (nSPS) is 12.6. The van der Waals surface area contributed by atoms with Gasteiger partial charge in [-0.25, -0.2) is 0 Å². The van der Waals surface area contributed by atoms with Crippen molar-refractivity contribution < 1.29 is 4.74 Å². The molecule has 0 heterocycles. The highest BCUT2D eigenvalue weighted by Gasteiger charge is 2.00. The van der Waals surface area contributed by atoms with Gasteiger partial charge in [-0.2, -0.15) is 0 Å². The molecule has 0 aromatic heterocycles. The molecular weight excluding hydrogens is 304 g/mol. The smallest absolute Gasteiger partial charge is 0.0867 e. The molecule has 2 aromatic carbocycles. The molecule has 0 N–H and O–H groups in total. The molecule has 0 aliphatic rings. The zero-order valence-electron chi connectivity index (χ0n) is 16.6. The predicted molar refractivity (Wildman–Crippen MR) is 112 cm³/mol. The molecule has 0 saturated heterocycles. The third-order valence-electron chi connectivity index (χ3n) is 3.54.